The van der Waals surface area contributed by atoms with Gasteiger partial charge in [0.2, 0.25) is 0 Å². The molecule has 12 aromatic rings. The second-order valence-electron chi connectivity index (χ2n) is 14.0. The van der Waals surface area contributed by atoms with E-state index in [9.17, 15) is 0 Å². The SMILES string of the molecule is c1ccc(-c2nc(-c3ccc4sc5ccccc5c4c3)nc(-c3cc(-n4c5ccccc5c5cc6ccccc6cc54)c4oc5ccccc5c4c3)n2)cc1. The minimum atomic E-state index is 0.596. The van der Waals surface area contributed by atoms with Crippen molar-refractivity contribution in [3.63, 3.8) is 0 Å². The molecule has 0 spiro atoms. The molecule has 6 heteroatoms. The Morgan fingerprint density at radius 2 is 1.04 bits per heavy atom. The molecule has 256 valence electrons. The Morgan fingerprint density at radius 3 is 1.89 bits per heavy atom. The third-order valence-corrected chi connectivity index (χ3v) is 12.0. The number of para-hydroxylation sites is 2. The summed E-state index contributed by atoms with van der Waals surface area (Å²) in [6.07, 6.45) is 0. The van der Waals surface area contributed by atoms with E-state index in [2.05, 4.69) is 144 Å². The zero-order valence-corrected chi connectivity index (χ0v) is 30.1. The zero-order chi connectivity index (χ0) is 36.0. The number of benzene rings is 8. The first-order chi connectivity index (χ1) is 27.2. The molecule has 0 bridgehead atoms. The molecule has 0 aliphatic heterocycles. The van der Waals surface area contributed by atoms with E-state index in [1.807, 2.05) is 30.3 Å². The van der Waals surface area contributed by atoms with E-state index >= 15 is 0 Å². The summed E-state index contributed by atoms with van der Waals surface area (Å²) in [5, 5.41) is 9.25. The van der Waals surface area contributed by atoms with Crippen molar-refractivity contribution in [2.75, 3.05) is 0 Å². The van der Waals surface area contributed by atoms with Gasteiger partial charge >= 0.3 is 0 Å². The predicted molar refractivity (Wildman–Crippen MR) is 228 cm³/mol. The number of hydrogen-bond acceptors (Lipinski definition) is 5. The molecule has 4 aromatic heterocycles. The first-order valence-electron chi connectivity index (χ1n) is 18.3. The van der Waals surface area contributed by atoms with Gasteiger partial charge in [-0.05, 0) is 71.4 Å². The van der Waals surface area contributed by atoms with Gasteiger partial charge in [0.05, 0.1) is 16.7 Å². The van der Waals surface area contributed by atoms with Crippen LogP contribution < -0.4 is 0 Å². The summed E-state index contributed by atoms with van der Waals surface area (Å²) in [4.78, 5) is 15.6. The lowest BCUT2D eigenvalue weighted by atomic mass is 10.1. The molecule has 0 fully saturated rings. The highest BCUT2D eigenvalue weighted by atomic mass is 32.1. The Hall–Kier alpha value is -7.15. The van der Waals surface area contributed by atoms with Crippen molar-refractivity contribution in [2.24, 2.45) is 0 Å². The molecule has 0 saturated carbocycles. The van der Waals surface area contributed by atoms with Crippen molar-refractivity contribution >= 4 is 86.0 Å². The fraction of sp³-hybridized carbons (Fsp3) is 0. The van der Waals surface area contributed by atoms with Crippen molar-refractivity contribution < 1.29 is 4.42 Å². The first-order valence-corrected chi connectivity index (χ1v) is 19.2. The van der Waals surface area contributed by atoms with Gasteiger partial charge in [-0.3, -0.25) is 0 Å². The Bertz CT molecular complexity index is 3500. The molecule has 5 nitrogen and oxygen atoms in total. The standard InChI is InChI=1S/C49H28N4OS/c1-2-12-29(13-3-1)47-50-48(32-22-23-45-38(25-32)36-18-8-11-21-44(36)55-45)52-49(51-47)33-26-39-35-17-7-10-20-43(35)54-46(39)42(28-33)53-40-19-9-6-16-34(40)37-24-30-14-4-5-15-31(30)27-41(37)53/h1-28H. The Labute approximate surface area is 318 Å². The number of fused-ring (bicyclic) bond motifs is 10. The van der Waals surface area contributed by atoms with Gasteiger partial charge in [0.1, 0.15) is 5.58 Å². The third-order valence-electron chi connectivity index (χ3n) is 10.8. The van der Waals surface area contributed by atoms with Crippen molar-refractivity contribution in [3.05, 3.63) is 170 Å². The number of nitrogens with zero attached hydrogens (tertiary/aromatic N) is 4. The minimum Gasteiger partial charge on any atom is -0.454 e. The largest absolute Gasteiger partial charge is 0.454 e. The third kappa shape index (κ3) is 4.68. The fourth-order valence-corrected chi connectivity index (χ4v) is 9.32. The fourth-order valence-electron chi connectivity index (χ4n) is 8.23. The van der Waals surface area contributed by atoms with Gasteiger partial charge in [-0.1, -0.05) is 109 Å². The number of thiophene rings is 1. The summed E-state index contributed by atoms with van der Waals surface area (Å²) in [6.45, 7) is 0. The molecule has 0 atom stereocenters. The highest BCUT2D eigenvalue weighted by Crippen LogP contribution is 2.42. The van der Waals surface area contributed by atoms with Crippen molar-refractivity contribution in [2.45, 2.75) is 0 Å². The molecule has 0 saturated heterocycles. The first kappa shape index (κ1) is 30.3. The van der Waals surface area contributed by atoms with Gasteiger partial charge in [-0.2, -0.15) is 0 Å². The van der Waals surface area contributed by atoms with Gasteiger partial charge in [-0.25, -0.2) is 15.0 Å². The van der Waals surface area contributed by atoms with Crippen LogP contribution in [0, 0.1) is 0 Å². The van der Waals surface area contributed by atoms with Crippen LogP contribution >= 0.6 is 11.3 Å². The number of hydrogen-bond donors (Lipinski definition) is 0. The number of furan rings is 1. The second-order valence-corrected chi connectivity index (χ2v) is 15.1. The lowest BCUT2D eigenvalue weighted by molar-refractivity contribution is 0.666. The predicted octanol–water partition coefficient (Wildman–Crippen LogP) is 13.4. The van der Waals surface area contributed by atoms with Gasteiger partial charge in [-0.15, -0.1) is 11.3 Å². The van der Waals surface area contributed by atoms with Gasteiger partial charge in [0.25, 0.3) is 0 Å². The smallest absolute Gasteiger partial charge is 0.164 e. The van der Waals surface area contributed by atoms with Gasteiger partial charge in [0, 0.05) is 58.4 Å². The summed E-state index contributed by atoms with van der Waals surface area (Å²) in [7, 11) is 0. The highest BCUT2D eigenvalue weighted by molar-refractivity contribution is 7.25. The Kier molecular flexibility index (Phi) is 6.44. The average molecular weight is 721 g/mol. The van der Waals surface area contributed by atoms with Crippen molar-refractivity contribution in [3.8, 4) is 39.9 Å². The summed E-state index contributed by atoms with van der Waals surface area (Å²) >= 11 is 1.81. The molecule has 8 aromatic carbocycles. The molecular formula is C49H28N4OS. The van der Waals surface area contributed by atoms with E-state index in [0.29, 0.717) is 17.5 Å². The second kappa shape index (κ2) is 11.7. The normalized spacial score (nSPS) is 12.0. The average Bonchev–Trinajstić information content (AvgIpc) is 3.92. The van der Waals surface area contributed by atoms with Crippen LogP contribution in [0.4, 0.5) is 0 Å². The summed E-state index contributed by atoms with van der Waals surface area (Å²) in [5.74, 6) is 1.85. The molecule has 0 amide bonds. The van der Waals surface area contributed by atoms with Crippen LogP contribution in [-0.4, -0.2) is 19.5 Å². The van der Waals surface area contributed by atoms with Crippen LogP contribution in [-0.2, 0) is 0 Å². The van der Waals surface area contributed by atoms with E-state index in [-0.39, 0.29) is 0 Å². The topological polar surface area (TPSA) is 56.7 Å². The summed E-state index contributed by atoms with van der Waals surface area (Å²) in [6, 6.07) is 59.7. The highest BCUT2D eigenvalue weighted by Gasteiger charge is 2.22. The van der Waals surface area contributed by atoms with E-state index in [4.69, 9.17) is 19.4 Å². The van der Waals surface area contributed by atoms with Crippen molar-refractivity contribution in [1.82, 2.24) is 19.5 Å². The zero-order valence-electron chi connectivity index (χ0n) is 29.3. The van der Waals surface area contributed by atoms with Crippen LogP contribution in [0.25, 0.3) is 115 Å². The molecule has 55 heavy (non-hydrogen) atoms. The molecule has 12 rings (SSSR count). The minimum absolute atomic E-state index is 0.596. The molecule has 0 aliphatic rings. The lowest BCUT2D eigenvalue weighted by Gasteiger charge is -2.13. The lowest BCUT2D eigenvalue weighted by Crippen LogP contribution is -2.01. The van der Waals surface area contributed by atoms with Crippen molar-refractivity contribution in [1.29, 1.82) is 0 Å². The number of aromatic nitrogens is 4. The summed E-state index contributed by atoms with van der Waals surface area (Å²) in [5.41, 5.74) is 7.54. The molecule has 0 radical (unpaired) electrons. The maximum absolute atomic E-state index is 6.77. The Morgan fingerprint density at radius 1 is 0.400 bits per heavy atom. The number of rotatable bonds is 4. The quantitative estimate of drug-likeness (QED) is 0.182. The van der Waals surface area contributed by atoms with Crippen LogP contribution in [0.2, 0.25) is 0 Å². The van der Waals surface area contributed by atoms with Crippen LogP contribution in [0.1, 0.15) is 0 Å². The van der Waals surface area contributed by atoms with E-state index in [1.54, 1.807) is 11.3 Å². The molecule has 0 aliphatic carbocycles. The Balaban J connectivity index is 1.16. The van der Waals surface area contributed by atoms with E-state index in [0.717, 1.165) is 55.3 Å². The summed E-state index contributed by atoms with van der Waals surface area (Å²) < 4.78 is 11.6. The maximum Gasteiger partial charge on any atom is 0.164 e. The molecule has 4 heterocycles. The molecular weight excluding hydrogens is 693 g/mol. The van der Waals surface area contributed by atoms with Crippen LogP contribution in [0.3, 0.4) is 0 Å². The van der Waals surface area contributed by atoms with E-state index < -0.39 is 0 Å². The molecule has 0 unspecified atom stereocenters. The van der Waals surface area contributed by atoms with Crippen LogP contribution in [0.5, 0.6) is 0 Å². The van der Waals surface area contributed by atoms with E-state index in [1.165, 1.54) is 41.7 Å². The van der Waals surface area contributed by atoms with Crippen LogP contribution in [0.15, 0.2) is 174 Å². The van der Waals surface area contributed by atoms with Gasteiger partial charge in [0.15, 0.2) is 23.1 Å². The van der Waals surface area contributed by atoms with Gasteiger partial charge < -0.3 is 8.98 Å². The maximum atomic E-state index is 6.77. The monoisotopic (exact) mass is 720 g/mol. The molecule has 0 N–H and O–H groups in total.